The lowest BCUT2D eigenvalue weighted by atomic mass is 9.96. The summed E-state index contributed by atoms with van der Waals surface area (Å²) >= 11 is 0. The van der Waals surface area contributed by atoms with Gasteiger partial charge < -0.3 is 20.3 Å². The van der Waals surface area contributed by atoms with Crippen molar-refractivity contribution in [3.05, 3.63) is 23.3 Å². The second kappa shape index (κ2) is 6.26. The third-order valence-electron chi connectivity index (χ3n) is 2.74. The van der Waals surface area contributed by atoms with Crippen LogP contribution in [0.25, 0.3) is 0 Å². The van der Waals surface area contributed by atoms with Crippen molar-refractivity contribution < 1.29 is 19.4 Å². The van der Waals surface area contributed by atoms with Crippen LogP contribution in [0.15, 0.2) is 12.1 Å². The highest BCUT2D eigenvalue weighted by Crippen LogP contribution is 2.33. The SMILES string of the molecule is CCOc1cc(C(CN)C(=O)O)c(OC)cc1C. The molecule has 0 heterocycles. The number of carboxylic acids is 1. The molecular formula is C13H19NO4. The first kappa shape index (κ1) is 14.3. The van der Waals surface area contributed by atoms with Crippen LogP contribution in [-0.4, -0.2) is 31.3 Å². The van der Waals surface area contributed by atoms with Crippen LogP contribution >= 0.6 is 0 Å². The van der Waals surface area contributed by atoms with Gasteiger partial charge in [0.2, 0.25) is 0 Å². The molecule has 0 saturated heterocycles. The van der Waals surface area contributed by atoms with Gasteiger partial charge in [-0.1, -0.05) is 0 Å². The molecule has 1 unspecified atom stereocenters. The number of hydrogen-bond donors (Lipinski definition) is 2. The van der Waals surface area contributed by atoms with Gasteiger partial charge in [0.25, 0.3) is 0 Å². The summed E-state index contributed by atoms with van der Waals surface area (Å²) in [5.41, 5.74) is 6.96. The minimum absolute atomic E-state index is 0.0142. The number of rotatable bonds is 6. The second-order valence-electron chi connectivity index (χ2n) is 3.92. The van der Waals surface area contributed by atoms with Crippen molar-refractivity contribution in [2.45, 2.75) is 19.8 Å². The van der Waals surface area contributed by atoms with Gasteiger partial charge in [0.1, 0.15) is 11.5 Å². The first-order chi connectivity index (χ1) is 8.54. The summed E-state index contributed by atoms with van der Waals surface area (Å²) in [5, 5.41) is 9.16. The fraction of sp³-hybridized carbons (Fsp3) is 0.462. The summed E-state index contributed by atoms with van der Waals surface area (Å²) in [4.78, 5) is 11.2. The predicted octanol–water partition coefficient (Wildman–Crippen LogP) is 1.53. The number of ether oxygens (including phenoxy) is 2. The topological polar surface area (TPSA) is 81.8 Å². The smallest absolute Gasteiger partial charge is 0.312 e. The van der Waals surface area contributed by atoms with E-state index >= 15 is 0 Å². The van der Waals surface area contributed by atoms with E-state index in [0.29, 0.717) is 23.7 Å². The van der Waals surface area contributed by atoms with Gasteiger partial charge in [-0.25, -0.2) is 0 Å². The van der Waals surface area contributed by atoms with Gasteiger partial charge in [-0.15, -0.1) is 0 Å². The molecule has 0 spiro atoms. The van der Waals surface area contributed by atoms with Crippen molar-refractivity contribution in [2.75, 3.05) is 20.3 Å². The number of carbonyl (C=O) groups is 1. The normalized spacial score (nSPS) is 12.0. The Kier molecular flexibility index (Phi) is 4.97. The lowest BCUT2D eigenvalue weighted by molar-refractivity contribution is -0.138. The van der Waals surface area contributed by atoms with Crippen LogP contribution in [0.1, 0.15) is 24.0 Å². The molecule has 100 valence electrons. The third kappa shape index (κ3) is 2.92. The van der Waals surface area contributed by atoms with Crippen LogP contribution in [0.2, 0.25) is 0 Å². The molecule has 0 saturated carbocycles. The molecule has 0 aromatic heterocycles. The van der Waals surface area contributed by atoms with Gasteiger partial charge in [0.05, 0.1) is 19.6 Å². The monoisotopic (exact) mass is 253 g/mol. The van der Waals surface area contributed by atoms with E-state index in [1.807, 2.05) is 13.8 Å². The molecule has 1 aromatic rings. The molecule has 1 aromatic carbocycles. The number of methoxy groups -OCH3 is 1. The highest BCUT2D eigenvalue weighted by molar-refractivity contribution is 5.78. The number of carboxylic acid groups (broad SMARTS) is 1. The average Bonchev–Trinajstić information content (AvgIpc) is 2.33. The molecule has 0 aliphatic heterocycles. The van der Waals surface area contributed by atoms with Crippen molar-refractivity contribution in [1.82, 2.24) is 0 Å². The predicted molar refractivity (Wildman–Crippen MR) is 68.3 cm³/mol. The lowest BCUT2D eigenvalue weighted by Crippen LogP contribution is -2.22. The molecule has 3 N–H and O–H groups in total. The van der Waals surface area contributed by atoms with Crippen molar-refractivity contribution in [1.29, 1.82) is 0 Å². The molecule has 18 heavy (non-hydrogen) atoms. The molecule has 0 amide bonds. The van der Waals surface area contributed by atoms with Crippen LogP contribution in [0.3, 0.4) is 0 Å². The van der Waals surface area contributed by atoms with Crippen molar-refractivity contribution in [2.24, 2.45) is 5.73 Å². The number of aliphatic carboxylic acids is 1. The molecule has 0 aliphatic rings. The maximum Gasteiger partial charge on any atom is 0.312 e. The fourth-order valence-electron chi connectivity index (χ4n) is 1.80. The van der Waals surface area contributed by atoms with E-state index in [9.17, 15) is 4.79 Å². The first-order valence-corrected chi connectivity index (χ1v) is 5.79. The second-order valence-corrected chi connectivity index (χ2v) is 3.92. The van der Waals surface area contributed by atoms with Crippen molar-refractivity contribution in [3.63, 3.8) is 0 Å². The zero-order valence-electron chi connectivity index (χ0n) is 10.9. The highest BCUT2D eigenvalue weighted by atomic mass is 16.5. The zero-order valence-corrected chi connectivity index (χ0v) is 10.9. The maximum absolute atomic E-state index is 11.2. The quantitative estimate of drug-likeness (QED) is 0.803. The molecule has 1 atom stereocenters. The van der Waals surface area contributed by atoms with Crippen molar-refractivity contribution in [3.8, 4) is 11.5 Å². The molecule has 5 nitrogen and oxygen atoms in total. The number of benzene rings is 1. The Hall–Kier alpha value is -1.75. The lowest BCUT2D eigenvalue weighted by Gasteiger charge is -2.17. The van der Waals surface area contributed by atoms with Gasteiger partial charge >= 0.3 is 5.97 Å². The molecule has 1 rings (SSSR count). The van der Waals surface area contributed by atoms with E-state index in [4.69, 9.17) is 20.3 Å². The maximum atomic E-state index is 11.2. The van der Waals surface area contributed by atoms with Crippen LogP contribution in [-0.2, 0) is 4.79 Å². The largest absolute Gasteiger partial charge is 0.496 e. The van der Waals surface area contributed by atoms with Crippen molar-refractivity contribution >= 4 is 5.97 Å². The van der Waals surface area contributed by atoms with E-state index < -0.39 is 11.9 Å². The van der Waals surface area contributed by atoms with Gasteiger partial charge in [0.15, 0.2) is 0 Å². The highest BCUT2D eigenvalue weighted by Gasteiger charge is 2.23. The molecule has 0 bridgehead atoms. The minimum atomic E-state index is -0.970. The molecule has 5 heteroatoms. The Morgan fingerprint density at radius 1 is 1.44 bits per heavy atom. The Bertz CT molecular complexity index is 431. The van der Waals surface area contributed by atoms with E-state index in [2.05, 4.69) is 0 Å². The van der Waals surface area contributed by atoms with Crippen LogP contribution in [0.5, 0.6) is 11.5 Å². The fourth-order valence-corrected chi connectivity index (χ4v) is 1.80. The minimum Gasteiger partial charge on any atom is -0.496 e. The average molecular weight is 253 g/mol. The standard InChI is InChI=1S/C13H19NO4/c1-4-18-11-6-9(10(7-14)13(15)16)12(17-3)5-8(11)2/h5-6,10H,4,7,14H2,1-3H3,(H,15,16). The molecule has 0 radical (unpaired) electrons. The van der Waals surface area contributed by atoms with E-state index in [-0.39, 0.29) is 6.54 Å². The van der Waals surface area contributed by atoms with Crippen LogP contribution in [0, 0.1) is 6.92 Å². The summed E-state index contributed by atoms with van der Waals surface area (Å²) in [6.07, 6.45) is 0. The Morgan fingerprint density at radius 2 is 2.11 bits per heavy atom. The van der Waals surface area contributed by atoms with Crippen LogP contribution in [0.4, 0.5) is 0 Å². The van der Waals surface area contributed by atoms with Gasteiger partial charge in [0, 0.05) is 12.1 Å². The van der Waals surface area contributed by atoms with Gasteiger partial charge in [-0.3, -0.25) is 4.79 Å². The number of nitrogens with two attached hydrogens (primary N) is 1. The Balaban J connectivity index is 3.30. The van der Waals surface area contributed by atoms with Crippen LogP contribution < -0.4 is 15.2 Å². The number of aryl methyl sites for hydroxylation is 1. The molecule has 0 aliphatic carbocycles. The van der Waals surface area contributed by atoms with Gasteiger partial charge in [-0.05, 0) is 31.5 Å². The third-order valence-corrected chi connectivity index (χ3v) is 2.74. The summed E-state index contributed by atoms with van der Waals surface area (Å²) in [5.74, 6) is -0.580. The Labute approximate surface area is 107 Å². The summed E-state index contributed by atoms with van der Waals surface area (Å²) in [6.45, 7) is 4.30. The summed E-state index contributed by atoms with van der Waals surface area (Å²) in [7, 11) is 1.51. The molecule has 0 fully saturated rings. The van der Waals surface area contributed by atoms with E-state index in [1.165, 1.54) is 7.11 Å². The number of hydrogen-bond acceptors (Lipinski definition) is 4. The zero-order chi connectivity index (χ0) is 13.7. The summed E-state index contributed by atoms with van der Waals surface area (Å²) < 4.78 is 10.7. The van der Waals surface area contributed by atoms with E-state index in [0.717, 1.165) is 5.56 Å². The summed E-state index contributed by atoms with van der Waals surface area (Å²) in [6, 6.07) is 3.47. The molecular weight excluding hydrogens is 234 g/mol. The Morgan fingerprint density at radius 3 is 2.56 bits per heavy atom. The first-order valence-electron chi connectivity index (χ1n) is 5.79. The van der Waals surface area contributed by atoms with E-state index in [1.54, 1.807) is 12.1 Å². The van der Waals surface area contributed by atoms with Gasteiger partial charge in [-0.2, -0.15) is 0 Å².